The third-order valence-electron chi connectivity index (χ3n) is 0.597. The van der Waals surface area contributed by atoms with E-state index in [9.17, 15) is 0 Å². The first-order chi connectivity index (χ1) is 3.30. The Hall–Kier alpha value is 0.0400. The first kappa shape index (κ1) is 5.18. The van der Waals surface area contributed by atoms with Crippen LogP contribution >= 0.6 is 27.5 Å². The van der Waals surface area contributed by atoms with E-state index in [0.29, 0.717) is 0 Å². The summed E-state index contributed by atoms with van der Waals surface area (Å²) in [7, 11) is 0. The van der Waals surface area contributed by atoms with Gasteiger partial charge in [0.15, 0.2) is 0 Å². The summed E-state index contributed by atoms with van der Waals surface area (Å²) >= 11 is 4.60. The lowest BCUT2D eigenvalue weighted by Crippen LogP contribution is -1.62. The molecule has 7 heavy (non-hydrogen) atoms. The zero-order chi connectivity index (χ0) is 5.28. The van der Waals surface area contributed by atoms with Gasteiger partial charge in [-0.2, -0.15) is 0 Å². The molecule has 0 spiro atoms. The summed E-state index contributed by atoms with van der Waals surface area (Å²) in [4.78, 5) is 1.12. The number of nitrogens with zero attached hydrogens (tertiary/aromatic N) is 2. The zero-order valence-corrected chi connectivity index (χ0v) is 6.08. The predicted octanol–water partition coefficient (Wildman–Crippen LogP) is 1.61. The van der Waals surface area contributed by atoms with Gasteiger partial charge in [-0.15, -0.1) is 5.10 Å². The minimum absolute atomic E-state index is 0.859. The molecule has 1 rings (SSSR count). The number of rotatable bonds is 0. The molecule has 0 amide bonds. The Labute approximate surface area is 53.9 Å². The quantitative estimate of drug-likeness (QED) is 0.604. The van der Waals surface area contributed by atoms with Gasteiger partial charge in [-0.3, -0.25) is 0 Å². The van der Waals surface area contributed by atoms with Crippen LogP contribution in [-0.4, -0.2) is 9.59 Å². The third-order valence-corrected chi connectivity index (χ3v) is 2.24. The van der Waals surface area contributed by atoms with E-state index in [4.69, 9.17) is 0 Å². The Balaban J connectivity index is 3.12. The third kappa shape index (κ3) is 0.978. The fraction of sp³-hybridized carbons (Fsp3) is 0.333. The highest BCUT2D eigenvalue weighted by Crippen LogP contribution is 2.13. The summed E-state index contributed by atoms with van der Waals surface area (Å²) in [5, 5.41) is 3.70. The van der Waals surface area contributed by atoms with E-state index in [1.807, 2.05) is 6.92 Å². The summed E-state index contributed by atoms with van der Waals surface area (Å²) in [5.74, 6) is 0. The molecular formula is C3H3BrN2S. The summed E-state index contributed by atoms with van der Waals surface area (Å²) in [5.41, 5.74) is 0. The summed E-state index contributed by atoms with van der Waals surface area (Å²) in [6.45, 7) is 1.97. The molecule has 0 radical (unpaired) electrons. The van der Waals surface area contributed by atoms with Crippen LogP contribution in [0.4, 0.5) is 0 Å². The maximum atomic E-state index is 3.70. The van der Waals surface area contributed by atoms with E-state index in [1.54, 1.807) is 0 Å². The first-order valence-corrected chi connectivity index (χ1v) is 3.32. The molecule has 1 aromatic heterocycles. The standard InChI is InChI=1S/C3H3BrN2S/c1-2-3(4)5-6-7-2/h1H3. The number of aromatic nitrogens is 2. The van der Waals surface area contributed by atoms with Gasteiger partial charge in [0.05, 0.1) is 4.88 Å². The zero-order valence-electron chi connectivity index (χ0n) is 3.68. The van der Waals surface area contributed by atoms with E-state index in [1.165, 1.54) is 11.5 Å². The molecule has 4 heteroatoms. The molecule has 0 bridgehead atoms. The predicted molar refractivity (Wildman–Crippen MR) is 32.3 cm³/mol. The minimum atomic E-state index is 0.859. The molecule has 2 nitrogen and oxygen atoms in total. The molecule has 1 heterocycles. The average molecular weight is 179 g/mol. The van der Waals surface area contributed by atoms with Gasteiger partial charge in [0.1, 0.15) is 4.60 Å². The van der Waals surface area contributed by atoms with Crippen molar-refractivity contribution in [2.45, 2.75) is 6.92 Å². The van der Waals surface area contributed by atoms with Gasteiger partial charge in [-0.25, -0.2) is 0 Å². The molecule has 38 valence electrons. The van der Waals surface area contributed by atoms with Crippen molar-refractivity contribution in [3.05, 3.63) is 9.48 Å². The molecule has 0 unspecified atom stereocenters. The van der Waals surface area contributed by atoms with Crippen LogP contribution < -0.4 is 0 Å². The lowest BCUT2D eigenvalue weighted by atomic mass is 10.7. The van der Waals surface area contributed by atoms with Crippen molar-refractivity contribution < 1.29 is 0 Å². The van der Waals surface area contributed by atoms with Crippen LogP contribution in [-0.2, 0) is 0 Å². The van der Waals surface area contributed by atoms with Crippen LogP contribution in [0.1, 0.15) is 4.88 Å². The lowest BCUT2D eigenvalue weighted by Gasteiger charge is -1.71. The smallest absolute Gasteiger partial charge is 0.131 e. The Morgan fingerprint density at radius 1 is 1.71 bits per heavy atom. The van der Waals surface area contributed by atoms with Gasteiger partial charge < -0.3 is 0 Å². The molecule has 0 saturated heterocycles. The summed E-state index contributed by atoms with van der Waals surface area (Å²) in [6.07, 6.45) is 0. The van der Waals surface area contributed by atoms with Crippen molar-refractivity contribution in [1.82, 2.24) is 9.59 Å². The van der Waals surface area contributed by atoms with Crippen molar-refractivity contribution in [3.63, 3.8) is 0 Å². The van der Waals surface area contributed by atoms with Crippen molar-refractivity contribution in [2.75, 3.05) is 0 Å². The van der Waals surface area contributed by atoms with Crippen molar-refractivity contribution >= 4 is 27.5 Å². The Bertz CT molecular complexity index is 145. The SMILES string of the molecule is Cc1snnc1Br. The molecule has 0 aliphatic rings. The minimum Gasteiger partial charge on any atom is -0.131 e. The molecule has 0 fully saturated rings. The van der Waals surface area contributed by atoms with Gasteiger partial charge in [-0.1, -0.05) is 4.49 Å². The van der Waals surface area contributed by atoms with E-state index < -0.39 is 0 Å². The Morgan fingerprint density at radius 2 is 2.43 bits per heavy atom. The largest absolute Gasteiger partial charge is 0.144 e. The van der Waals surface area contributed by atoms with E-state index in [2.05, 4.69) is 25.5 Å². The van der Waals surface area contributed by atoms with Crippen LogP contribution in [0.5, 0.6) is 0 Å². The normalized spacial score (nSPS) is 9.43. The summed E-state index contributed by atoms with van der Waals surface area (Å²) < 4.78 is 4.52. The van der Waals surface area contributed by atoms with Gasteiger partial charge in [0.25, 0.3) is 0 Å². The number of halogens is 1. The highest BCUT2D eigenvalue weighted by molar-refractivity contribution is 9.10. The maximum Gasteiger partial charge on any atom is 0.144 e. The maximum absolute atomic E-state index is 3.70. The number of hydrogen-bond donors (Lipinski definition) is 0. The van der Waals surface area contributed by atoms with Gasteiger partial charge in [0.2, 0.25) is 0 Å². The molecule has 0 aliphatic carbocycles. The van der Waals surface area contributed by atoms with Crippen molar-refractivity contribution in [2.24, 2.45) is 0 Å². The molecule has 1 aromatic rings. The van der Waals surface area contributed by atoms with E-state index in [0.717, 1.165) is 9.48 Å². The lowest BCUT2D eigenvalue weighted by molar-refractivity contribution is 1.12. The first-order valence-electron chi connectivity index (χ1n) is 1.75. The van der Waals surface area contributed by atoms with Crippen LogP contribution in [0, 0.1) is 6.92 Å². The monoisotopic (exact) mass is 178 g/mol. The van der Waals surface area contributed by atoms with E-state index in [-0.39, 0.29) is 0 Å². The van der Waals surface area contributed by atoms with Crippen molar-refractivity contribution in [3.8, 4) is 0 Å². The van der Waals surface area contributed by atoms with E-state index >= 15 is 0 Å². The topological polar surface area (TPSA) is 25.8 Å². The molecule has 0 N–H and O–H groups in total. The molecule has 0 aliphatic heterocycles. The van der Waals surface area contributed by atoms with Crippen LogP contribution in [0.25, 0.3) is 0 Å². The highest BCUT2D eigenvalue weighted by Gasteiger charge is 1.93. The Morgan fingerprint density at radius 3 is 2.57 bits per heavy atom. The number of hydrogen-bond acceptors (Lipinski definition) is 3. The molecular weight excluding hydrogens is 176 g/mol. The van der Waals surface area contributed by atoms with Gasteiger partial charge >= 0.3 is 0 Å². The highest BCUT2D eigenvalue weighted by atomic mass is 79.9. The second-order valence-electron chi connectivity index (χ2n) is 1.12. The van der Waals surface area contributed by atoms with Crippen molar-refractivity contribution in [1.29, 1.82) is 0 Å². The second-order valence-corrected chi connectivity index (χ2v) is 2.83. The molecule has 0 aromatic carbocycles. The van der Waals surface area contributed by atoms with Crippen LogP contribution in [0.2, 0.25) is 0 Å². The summed E-state index contributed by atoms with van der Waals surface area (Å²) in [6, 6.07) is 0. The molecule has 0 saturated carbocycles. The van der Waals surface area contributed by atoms with Gasteiger partial charge in [-0.05, 0) is 34.4 Å². The molecule has 0 atom stereocenters. The van der Waals surface area contributed by atoms with Crippen LogP contribution in [0.15, 0.2) is 4.60 Å². The van der Waals surface area contributed by atoms with Gasteiger partial charge in [0, 0.05) is 0 Å². The second kappa shape index (κ2) is 1.88. The average Bonchev–Trinajstić information content (AvgIpc) is 1.91. The number of aryl methyl sites for hydroxylation is 1. The Kier molecular flexibility index (Phi) is 1.39. The fourth-order valence-corrected chi connectivity index (χ4v) is 0.988. The fourth-order valence-electron chi connectivity index (χ4n) is 0.226. The van der Waals surface area contributed by atoms with Crippen LogP contribution in [0.3, 0.4) is 0 Å².